The molecule has 0 N–H and O–H groups in total. The maximum atomic E-state index is 12.0. The van der Waals surface area contributed by atoms with Crippen LogP contribution in [-0.4, -0.2) is 15.9 Å². The van der Waals surface area contributed by atoms with Crippen molar-refractivity contribution in [3.63, 3.8) is 0 Å². The van der Waals surface area contributed by atoms with Crippen molar-refractivity contribution in [2.45, 2.75) is 26.4 Å². The van der Waals surface area contributed by atoms with E-state index in [0.717, 1.165) is 14.6 Å². The summed E-state index contributed by atoms with van der Waals surface area (Å²) in [6.45, 7) is 5.55. The first-order valence-electron chi connectivity index (χ1n) is 5.15. The van der Waals surface area contributed by atoms with Crippen LogP contribution in [0.4, 0.5) is 0 Å². The Labute approximate surface area is 112 Å². The lowest BCUT2D eigenvalue weighted by molar-refractivity contribution is 0.00687. The fourth-order valence-electron chi connectivity index (χ4n) is 1.40. The number of aromatic nitrogens is 1. The summed E-state index contributed by atoms with van der Waals surface area (Å²) in [6.07, 6.45) is 1.75. The smallest absolute Gasteiger partial charge is 0.339 e. The Morgan fingerprint density at radius 3 is 2.76 bits per heavy atom. The van der Waals surface area contributed by atoms with Gasteiger partial charge in [-0.3, -0.25) is 0 Å². The number of rotatable bonds is 1. The van der Waals surface area contributed by atoms with Crippen molar-refractivity contribution in [2.75, 3.05) is 0 Å². The van der Waals surface area contributed by atoms with Crippen molar-refractivity contribution in [3.8, 4) is 0 Å². The quantitative estimate of drug-likeness (QED) is 0.747. The molecule has 90 valence electrons. The minimum atomic E-state index is -0.488. The Kier molecular flexibility index (Phi) is 3.23. The van der Waals surface area contributed by atoms with Gasteiger partial charge in [0.15, 0.2) is 0 Å². The van der Waals surface area contributed by atoms with Crippen molar-refractivity contribution in [1.82, 2.24) is 4.37 Å². The van der Waals surface area contributed by atoms with Crippen molar-refractivity contribution < 1.29 is 9.53 Å². The van der Waals surface area contributed by atoms with Crippen molar-refractivity contribution >= 4 is 43.5 Å². The molecule has 0 spiro atoms. The van der Waals surface area contributed by atoms with Crippen LogP contribution in [0.15, 0.2) is 22.8 Å². The summed E-state index contributed by atoms with van der Waals surface area (Å²) in [4.78, 5) is 12.0. The highest BCUT2D eigenvalue weighted by Gasteiger charge is 2.21. The van der Waals surface area contributed by atoms with Crippen LogP contribution >= 0.6 is 27.5 Å². The molecule has 0 aliphatic heterocycles. The molecule has 2 aromatic rings. The van der Waals surface area contributed by atoms with Gasteiger partial charge in [-0.05, 0) is 60.4 Å². The third kappa shape index (κ3) is 2.66. The topological polar surface area (TPSA) is 39.2 Å². The van der Waals surface area contributed by atoms with Gasteiger partial charge in [0.05, 0.1) is 10.3 Å². The molecule has 0 fully saturated rings. The first-order chi connectivity index (χ1) is 7.88. The molecule has 0 atom stereocenters. The van der Waals surface area contributed by atoms with E-state index in [2.05, 4.69) is 20.3 Å². The molecule has 0 unspecified atom stereocenters. The molecule has 0 saturated carbocycles. The van der Waals surface area contributed by atoms with Gasteiger partial charge in [-0.1, -0.05) is 0 Å². The molecule has 0 saturated heterocycles. The second-order valence-corrected chi connectivity index (χ2v) is 6.29. The lowest BCUT2D eigenvalue weighted by atomic mass is 10.1. The van der Waals surface area contributed by atoms with Crippen LogP contribution in [0.1, 0.15) is 31.1 Å². The van der Waals surface area contributed by atoms with Gasteiger partial charge < -0.3 is 4.74 Å². The summed E-state index contributed by atoms with van der Waals surface area (Å²) in [7, 11) is 0. The standard InChI is InChI=1S/C12H12BrNO2S/c1-12(2,3)16-11(15)7-4-5-9-8(10(7)13)6-14-17-9/h4-6H,1-3H3. The summed E-state index contributed by atoms with van der Waals surface area (Å²) in [6, 6.07) is 3.65. The van der Waals surface area contributed by atoms with E-state index < -0.39 is 5.60 Å². The predicted molar refractivity (Wildman–Crippen MR) is 72.5 cm³/mol. The number of esters is 1. The first kappa shape index (κ1) is 12.5. The minimum Gasteiger partial charge on any atom is -0.456 e. The van der Waals surface area contributed by atoms with E-state index in [9.17, 15) is 4.79 Å². The molecule has 0 radical (unpaired) electrons. The largest absolute Gasteiger partial charge is 0.456 e. The summed E-state index contributed by atoms with van der Waals surface area (Å²) in [5.74, 6) is -0.322. The number of hydrogen-bond acceptors (Lipinski definition) is 4. The van der Waals surface area contributed by atoms with Crippen LogP contribution in [-0.2, 0) is 4.74 Å². The van der Waals surface area contributed by atoms with E-state index in [4.69, 9.17) is 4.74 Å². The van der Waals surface area contributed by atoms with Gasteiger partial charge in [-0.2, -0.15) is 4.37 Å². The molecule has 1 aromatic carbocycles. The van der Waals surface area contributed by atoms with Gasteiger partial charge in [0.25, 0.3) is 0 Å². The fraction of sp³-hybridized carbons (Fsp3) is 0.333. The van der Waals surface area contributed by atoms with Crippen molar-refractivity contribution in [1.29, 1.82) is 0 Å². The SMILES string of the molecule is CC(C)(C)OC(=O)c1ccc2sncc2c1Br. The van der Waals surface area contributed by atoms with Crippen LogP contribution in [0.3, 0.4) is 0 Å². The number of benzene rings is 1. The average molecular weight is 314 g/mol. The molecule has 1 aromatic heterocycles. The summed E-state index contributed by atoms with van der Waals surface area (Å²) >= 11 is 4.84. The Bertz CT molecular complexity index is 571. The second-order valence-electron chi connectivity index (χ2n) is 4.67. The Balaban J connectivity index is 2.42. The average Bonchev–Trinajstić information content (AvgIpc) is 2.63. The van der Waals surface area contributed by atoms with Gasteiger partial charge in [0, 0.05) is 16.1 Å². The number of fused-ring (bicyclic) bond motifs is 1. The number of carbonyl (C=O) groups is 1. The Morgan fingerprint density at radius 2 is 2.12 bits per heavy atom. The lowest BCUT2D eigenvalue weighted by Crippen LogP contribution is -2.24. The second kappa shape index (κ2) is 4.38. The molecule has 1 heterocycles. The van der Waals surface area contributed by atoms with E-state index >= 15 is 0 Å². The maximum absolute atomic E-state index is 12.0. The highest BCUT2D eigenvalue weighted by atomic mass is 79.9. The highest BCUT2D eigenvalue weighted by molar-refractivity contribution is 9.10. The van der Waals surface area contributed by atoms with Crippen molar-refractivity contribution in [2.24, 2.45) is 0 Å². The predicted octanol–water partition coefficient (Wildman–Crippen LogP) is 4.01. The van der Waals surface area contributed by atoms with Gasteiger partial charge in [-0.15, -0.1) is 0 Å². The molecule has 0 bridgehead atoms. The summed E-state index contributed by atoms with van der Waals surface area (Å²) in [5, 5.41) is 0.943. The van der Waals surface area contributed by atoms with Gasteiger partial charge in [0.2, 0.25) is 0 Å². The third-order valence-electron chi connectivity index (χ3n) is 2.09. The highest BCUT2D eigenvalue weighted by Crippen LogP contribution is 2.30. The molecule has 0 aliphatic rings. The molecular weight excluding hydrogens is 302 g/mol. The van der Waals surface area contributed by atoms with E-state index in [1.54, 1.807) is 12.3 Å². The van der Waals surface area contributed by atoms with Gasteiger partial charge in [-0.25, -0.2) is 4.79 Å². The van der Waals surface area contributed by atoms with Crippen molar-refractivity contribution in [3.05, 3.63) is 28.4 Å². The fourth-order valence-corrected chi connectivity index (χ4v) is 2.80. The Morgan fingerprint density at radius 1 is 1.41 bits per heavy atom. The van der Waals surface area contributed by atoms with Crippen LogP contribution in [0.2, 0.25) is 0 Å². The molecule has 2 rings (SSSR count). The van der Waals surface area contributed by atoms with Crippen LogP contribution in [0, 0.1) is 0 Å². The molecular formula is C12H12BrNO2S. The van der Waals surface area contributed by atoms with Gasteiger partial charge >= 0.3 is 5.97 Å². The molecule has 5 heteroatoms. The molecule has 3 nitrogen and oxygen atoms in total. The number of hydrogen-bond donors (Lipinski definition) is 0. The van der Waals surface area contributed by atoms with Gasteiger partial charge in [0.1, 0.15) is 5.60 Å². The Hall–Kier alpha value is -0.940. The monoisotopic (exact) mass is 313 g/mol. The minimum absolute atomic E-state index is 0.322. The first-order valence-corrected chi connectivity index (χ1v) is 6.71. The third-order valence-corrected chi connectivity index (χ3v) is 3.71. The van der Waals surface area contributed by atoms with Crippen LogP contribution in [0.5, 0.6) is 0 Å². The zero-order chi connectivity index (χ0) is 12.6. The van der Waals surface area contributed by atoms with E-state index in [1.165, 1.54) is 11.5 Å². The number of carbonyl (C=O) groups excluding carboxylic acids is 1. The van der Waals surface area contributed by atoms with Crippen LogP contribution < -0.4 is 0 Å². The summed E-state index contributed by atoms with van der Waals surface area (Å²) < 4.78 is 11.2. The normalized spacial score (nSPS) is 11.8. The van der Waals surface area contributed by atoms with E-state index in [-0.39, 0.29) is 5.97 Å². The zero-order valence-corrected chi connectivity index (χ0v) is 12.2. The number of ether oxygens (including phenoxy) is 1. The van der Waals surface area contributed by atoms with Crippen LogP contribution in [0.25, 0.3) is 10.1 Å². The number of nitrogens with zero attached hydrogens (tertiary/aromatic N) is 1. The molecule has 17 heavy (non-hydrogen) atoms. The van der Waals surface area contributed by atoms with E-state index in [0.29, 0.717) is 5.56 Å². The molecule has 0 amide bonds. The lowest BCUT2D eigenvalue weighted by Gasteiger charge is -2.19. The van der Waals surface area contributed by atoms with E-state index in [1.807, 2.05) is 26.8 Å². The molecule has 0 aliphatic carbocycles. The maximum Gasteiger partial charge on any atom is 0.339 e. The number of halogens is 1. The summed E-state index contributed by atoms with van der Waals surface area (Å²) in [5.41, 5.74) is 0.0471. The zero-order valence-electron chi connectivity index (χ0n) is 9.78.